The third-order valence-corrected chi connectivity index (χ3v) is 12.0. The van der Waals surface area contributed by atoms with E-state index in [1.54, 1.807) is 6.08 Å². The molecule has 0 aliphatic heterocycles. The van der Waals surface area contributed by atoms with E-state index in [0.717, 1.165) is 77.0 Å². The summed E-state index contributed by atoms with van der Waals surface area (Å²) in [6.07, 6.45) is 21.1. The number of ether oxygens (including phenoxy) is 2. The quantitative estimate of drug-likeness (QED) is 0.00979. The van der Waals surface area contributed by atoms with Gasteiger partial charge in [0.2, 0.25) is 0 Å². The van der Waals surface area contributed by atoms with Crippen molar-refractivity contribution in [1.29, 1.82) is 0 Å². The largest absolute Gasteiger partial charge is 0.472 e. The van der Waals surface area contributed by atoms with Crippen molar-refractivity contribution in [3.8, 4) is 0 Å². The molecule has 0 aromatic carbocycles. The summed E-state index contributed by atoms with van der Waals surface area (Å²) in [5.41, 5.74) is 0. The van der Waals surface area contributed by atoms with E-state index in [1.807, 2.05) is 37.3 Å². The van der Waals surface area contributed by atoms with Crippen molar-refractivity contribution >= 4 is 27.6 Å². The van der Waals surface area contributed by atoms with Gasteiger partial charge >= 0.3 is 27.6 Å². The highest BCUT2D eigenvalue weighted by molar-refractivity contribution is 7.47. The monoisotopic (exact) mass is 954 g/mol. The first-order valence-corrected chi connectivity index (χ1v) is 26.3. The number of hydrogen-bond donors (Lipinski definition) is 8. The Hall–Kier alpha value is -2.08. The number of hydrogen-bond acceptors (Lipinski definition) is 14. The first-order chi connectivity index (χ1) is 30.5. The van der Waals surface area contributed by atoms with Crippen LogP contribution >= 0.6 is 15.6 Å². The molecule has 0 saturated heterocycles. The van der Waals surface area contributed by atoms with E-state index in [2.05, 4.69) is 23.6 Å². The van der Waals surface area contributed by atoms with Crippen LogP contribution in [-0.2, 0) is 41.8 Å². The molecule has 9 atom stereocenters. The molecular formula is C45H80O17P2. The second-order valence-corrected chi connectivity index (χ2v) is 18.9. The second kappa shape index (κ2) is 36.0. The van der Waals surface area contributed by atoms with Gasteiger partial charge in [0.25, 0.3) is 0 Å². The Kier molecular flexibility index (Phi) is 33.7. The molecule has 19 heteroatoms. The van der Waals surface area contributed by atoms with Gasteiger partial charge in [0.05, 0.1) is 12.7 Å². The fourth-order valence-corrected chi connectivity index (χ4v) is 8.43. The topological polar surface area (TPSA) is 276 Å². The molecule has 1 aliphatic rings. The van der Waals surface area contributed by atoms with Crippen molar-refractivity contribution < 1.29 is 82.0 Å². The van der Waals surface area contributed by atoms with E-state index in [4.69, 9.17) is 28.3 Å². The van der Waals surface area contributed by atoms with Crippen molar-refractivity contribution in [2.45, 2.75) is 210 Å². The van der Waals surface area contributed by atoms with Crippen LogP contribution in [0.25, 0.3) is 0 Å². The van der Waals surface area contributed by atoms with E-state index in [9.17, 15) is 49.1 Å². The zero-order valence-electron chi connectivity index (χ0n) is 38.1. The summed E-state index contributed by atoms with van der Waals surface area (Å²) in [5.74, 6) is -1.26. The first kappa shape index (κ1) is 59.9. The molecule has 0 aromatic rings. The van der Waals surface area contributed by atoms with E-state index in [1.165, 1.54) is 38.5 Å². The van der Waals surface area contributed by atoms with Crippen LogP contribution in [0.4, 0.5) is 0 Å². The minimum absolute atomic E-state index is 0.00320. The Bertz CT molecular complexity index is 1450. The lowest BCUT2D eigenvalue weighted by Gasteiger charge is -2.43. The molecule has 6 unspecified atom stereocenters. The number of carbonyl (C=O) groups is 2. The average molecular weight is 955 g/mol. The number of phosphoric acid groups is 2. The lowest BCUT2D eigenvalue weighted by Crippen LogP contribution is -2.64. The molecule has 0 aromatic heterocycles. The third kappa shape index (κ3) is 30.3. The SMILES string of the molecule is CC/C=C\CCCCCCCCCCCCCC(=O)OC[C@H](COP(=O)(O)O[C@H]1C(O)C(O)C(O)[C@@H](OP(=O)(O)O)C1O)OC(=O)CCCCCCC/C=C/C=C/C(O)C/C=C/CC. The third-order valence-electron chi connectivity index (χ3n) is 10.5. The molecular weight excluding hydrogens is 874 g/mol. The van der Waals surface area contributed by atoms with Crippen molar-refractivity contribution in [3.05, 3.63) is 48.6 Å². The summed E-state index contributed by atoms with van der Waals surface area (Å²) in [6, 6.07) is 0. The molecule has 0 heterocycles. The molecule has 64 heavy (non-hydrogen) atoms. The van der Waals surface area contributed by atoms with Gasteiger partial charge in [-0.2, -0.15) is 0 Å². The molecule has 1 fully saturated rings. The van der Waals surface area contributed by atoms with Crippen LogP contribution < -0.4 is 0 Å². The fraction of sp³-hybridized carbons (Fsp3) is 0.778. The van der Waals surface area contributed by atoms with Crippen molar-refractivity contribution in [2.24, 2.45) is 0 Å². The molecule has 8 N–H and O–H groups in total. The smallest absolute Gasteiger partial charge is 0.462 e. The summed E-state index contributed by atoms with van der Waals surface area (Å²) >= 11 is 0. The van der Waals surface area contributed by atoms with Crippen LogP contribution in [-0.4, -0.2) is 114 Å². The fourth-order valence-electron chi connectivity index (χ4n) is 6.89. The van der Waals surface area contributed by atoms with Crippen molar-refractivity contribution in [1.82, 2.24) is 0 Å². The molecule has 1 aliphatic carbocycles. The lowest BCUT2D eigenvalue weighted by atomic mass is 9.85. The minimum Gasteiger partial charge on any atom is -0.462 e. The number of phosphoric ester groups is 2. The maximum absolute atomic E-state index is 13.0. The van der Waals surface area contributed by atoms with Crippen LogP contribution in [0.3, 0.4) is 0 Å². The highest BCUT2D eigenvalue weighted by atomic mass is 31.2. The molecule has 1 rings (SSSR count). The number of unbranched alkanes of at least 4 members (excludes halogenated alkanes) is 16. The normalized spacial score (nSPS) is 22.7. The molecule has 0 radical (unpaired) electrons. The van der Waals surface area contributed by atoms with Gasteiger partial charge in [-0.15, -0.1) is 0 Å². The standard InChI is InChI=1S/C45H80O17P2/c1-3-5-7-8-9-10-11-12-13-14-15-18-21-24-28-32-38(47)58-34-37(60-39(48)33-29-25-22-19-16-17-20-23-27-31-36(46)30-26-6-4-2)35-59-64(56,57)62-45-42(51)40(49)41(50)44(43(45)52)61-63(53,54)55/h5-7,20,23,26-27,31,36-37,40-46,49-52H,3-4,8-19,21-22,24-25,28-30,32-35H2,1-2H3,(H,56,57)(H2,53,54,55)/b7-5-,23-20+,26-6+,31-27+/t36?,37-,40?,41?,42?,43?,44-,45+/m1/s1. The van der Waals surface area contributed by atoms with Gasteiger partial charge in [0.1, 0.15) is 43.2 Å². The maximum Gasteiger partial charge on any atom is 0.472 e. The number of esters is 2. The van der Waals surface area contributed by atoms with Gasteiger partial charge in [-0.3, -0.25) is 23.2 Å². The van der Waals surface area contributed by atoms with Crippen LogP contribution in [0.15, 0.2) is 48.6 Å². The Balaban J connectivity index is 2.62. The second-order valence-electron chi connectivity index (χ2n) is 16.3. The summed E-state index contributed by atoms with van der Waals surface area (Å²) in [4.78, 5) is 54.2. The van der Waals surface area contributed by atoms with Gasteiger partial charge in [-0.1, -0.05) is 140 Å². The summed E-state index contributed by atoms with van der Waals surface area (Å²) in [7, 11) is -10.7. The van der Waals surface area contributed by atoms with Crippen LogP contribution in [0.5, 0.6) is 0 Å². The van der Waals surface area contributed by atoms with E-state index >= 15 is 0 Å². The highest BCUT2D eigenvalue weighted by Gasteiger charge is 2.54. The van der Waals surface area contributed by atoms with Crippen LogP contribution in [0.2, 0.25) is 0 Å². The Labute approximate surface area is 380 Å². The molecule has 372 valence electrons. The zero-order valence-corrected chi connectivity index (χ0v) is 39.9. The van der Waals surface area contributed by atoms with Gasteiger partial charge in [0, 0.05) is 12.8 Å². The summed E-state index contributed by atoms with van der Waals surface area (Å²) in [6.45, 7) is 2.79. The Morgan fingerprint density at radius 3 is 1.59 bits per heavy atom. The van der Waals surface area contributed by atoms with E-state index in [0.29, 0.717) is 19.3 Å². The van der Waals surface area contributed by atoms with Gasteiger partial charge in [-0.25, -0.2) is 9.13 Å². The summed E-state index contributed by atoms with van der Waals surface area (Å²) in [5, 5.41) is 51.1. The number of allylic oxidation sites excluding steroid dienone is 6. The highest BCUT2D eigenvalue weighted by Crippen LogP contribution is 2.49. The lowest BCUT2D eigenvalue weighted by molar-refractivity contribution is -0.216. The molecule has 0 spiro atoms. The average Bonchev–Trinajstić information content (AvgIpc) is 3.24. The Morgan fingerprint density at radius 2 is 1.05 bits per heavy atom. The number of carbonyl (C=O) groups excluding carboxylic acids is 2. The zero-order chi connectivity index (χ0) is 47.6. The van der Waals surface area contributed by atoms with E-state index in [-0.39, 0.29) is 12.8 Å². The molecule has 0 amide bonds. The minimum atomic E-state index is -5.37. The van der Waals surface area contributed by atoms with Crippen LogP contribution in [0.1, 0.15) is 162 Å². The predicted octanol–water partition coefficient (Wildman–Crippen LogP) is 7.48. The molecule has 1 saturated carbocycles. The predicted molar refractivity (Wildman–Crippen MR) is 243 cm³/mol. The summed E-state index contributed by atoms with van der Waals surface area (Å²) < 4.78 is 49.3. The Morgan fingerprint density at radius 1 is 0.562 bits per heavy atom. The van der Waals surface area contributed by atoms with Crippen molar-refractivity contribution in [3.63, 3.8) is 0 Å². The number of aliphatic hydroxyl groups is 5. The molecule has 17 nitrogen and oxygen atoms in total. The maximum atomic E-state index is 13.0. The van der Waals surface area contributed by atoms with Crippen molar-refractivity contribution in [2.75, 3.05) is 13.2 Å². The van der Waals surface area contributed by atoms with Gasteiger partial charge in [-0.05, 0) is 57.8 Å². The van der Waals surface area contributed by atoms with Crippen LogP contribution in [0, 0.1) is 0 Å². The van der Waals surface area contributed by atoms with Gasteiger partial charge in [0.15, 0.2) is 6.10 Å². The number of rotatable bonds is 38. The van der Waals surface area contributed by atoms with Gasteiger partial charge < -0.3 is 49.7 Å². The van der Waals surface area contributed by atoms with E-state index < -0.39 is 89.6 Å². The first-order valence-electron chi connectivity index (χ1n) is 23.3. The molecule has 0 bridgehead atoms. The number of aliphatic hydroxyl groups excluding tert-OH is 5.